The van der Waals surface area contributed by atoms with Gasteiger partial charge in [0.1, 0.15) is 5.82 Å². The first-order valence-electron chi connectivity index (χ1n) is 6.25. The first-order chi connectivity index (χ1) is 8.70. The summed E-state index contributed by atoms with van der Waals surface area (Å²) in [6.07, 6.45) is 0.985. The number of nitrogens with zero attached hydrogens (tertiary/aromatic N) is 1. The van der Waals surface area contributed by atoms with E-state index in [1.807, 2.05) is 37.3 Å². The fourth-order valence-electron chi connectivity index (χ4n) is 1.95. The van der Waals surface area contributed by atoms with Crippen LogP contribution in [0.25, 0.3) is 0 Å². The fourth-order valence-corrected chi connectivity index (χ4v) is 1.95. The molecule has 0 saturated heterocycles. The number of aryl methyl sites for hydroxylation is 1. The molecule has 0 amide bonds. The summed E-state index contributed by atoms with van der Waals surface area (Å²) in [7, 11) is 0. The number of benzene rings is 1. The van der Waals surface area contributed by atoms with Gasteiger partial charge in [-0.3, -0.25) is 0 Å². The van der Waals surface area contributed by atoms with Gasteiger partial charge in [0.25, 0.3) is 0 Å². The number of hydrogen-bond acceptors (Lipinski definition) is 3. The number of hydrogen-bond donors (Lipinski definition) is 2. The van der Waals surface area contributed by atoms with Gasteiger partial charge in [-0.05, 0) is 31.0 Å². The van der Waals surface area contributed by atoms with Crippen molar-refractivity contribution in [1.82, 2.24) is 4.98 Å². The van der Waals surface area contributed by atoms with E-state index in [4.69, 9.17) is 5.73 Å². The lowest BCUT2D eigenvalue weighted by atomic mass is 10.0. The summed E-state index contributed by atoms with van der Waals surface area (Å²) in [5.41, 5.74) is 8.86. The zero-order valence-corrected chi connectivity index (χ0v) is 10.9. The molecule has 1 unspecified atom stereocenters. The van der Waals surface area contributed by atoms with Crippen molar-refractivity contribution >= 4 is 11.5 Å². The van der Waals surface area contributed by atoms with Crippen molar-refractivity contribution in [3.63, 3.8) is 0 Å². The van der Waals surface area contributed by atoms with Gasteiger partial charge in [-0.2, -0.15) is 0 Å². The highest BCUT2D eigenvalue weighted by atomic mass is 15.0. The molecule has 0 aliphatic rings. The smallest absolute Gasteiger partial charge is 0.149 e. The molecule has 0 aliphatic carbocycles. The minimum atomic E-state index is 0.239. The molecule has 1 heterocycles. The molecule has 2 aromatic rings. The second-order valence-corrected chi connectivity index (χ2v) is 4.41. The van der Waals surface area contributed by atoms with Gasteiger partial charge >= 0.3 is 0 Å². The van der Waals surface area contributed by atoms with E-state index >= 15 is 0 Å². The molecule has 3 N–H and O–H groups in total. The number of pyridine rings is 1. The van der Waals surface area contributed by atoms with Crippen molar-refractivity contribution in [1.29, 1.82) is 0 Å². The molecule has 2 rings (SSSR count). The van der Waals surface area contributed by atoms with E-state index < -0.39 is 0 Å². The third kappa shape index (κ3) is 2.80. The Kier molecular flexibility index (Phi) is 3.82. The molecule has 0 saturated carbocycles. The summed E-state index contributed by atoms with van der Waals surface area (Å²) in [5.74, 6) is 0.769. The average Bonchev–Trinajstić information content (AvgIpc) is 2.41. The SMILES string of the molecule is CCC(Nc1nc(C)ccc1N)c1ccccc1. The Morgan fingerprint density at radius 3 is 2.56 bits per heavy atom. The molecule has 94 valence electrons. The van der Waals surface area contributed by atoms with E-state index in [1.54, 1.807) is 0 Å². The lowest BCUT2D eigenvalue weighted by Crippen LogP contribution is -2.12. The third-order valence-corrected chi connectivity index (χ3v) is 2.99. The molecule has 0 radical (unpaired) electrons. The number of nitrogen functional groups attached to an aromatic ring is 1. The Bertz CT molecular complexity index is 508. The summed E-state index contributed by atoms with van der Waals surface area (Å²) < 4.78 is 0. The predicted octanol–water partition coefficient (Wildman–Crippen LogP) is 3.54. The van der Waals surface area contributed by atoms with Gasteiger partial charge in [-0.1, -0.05) is 37.3 Å². The number of anilines is 2. The minimum absolute atomic E-state index is 0.239. The van der Waals surface area contributed by atoms with E-state index in [1.165, 1.54) is 5.56 Å². The Morgan fingerprint density at radius 2 is 1.89 bits per heavy atom. The van der Waals surface area contributed by atoms with Gasteiger partial charge in [0.2, 0.25) is 0 Å². The lowest BCUT2D eigenvalue weighted by Gasteiger charge is -2.19. The largest absolute Gasteiger partial charge is 0.396 e. The van der Waals surface area contributed by atoms with Gasteiger partial charge in [0.15, 0.2) is 0 Å². The zero-order chi connectivity index (χ0) is 13.0. The maximum Gasteiger partial charge on any atom is 0.149 e. The molecule has 0 fully saturated rings. The van der Waals surface area contributed by atoms with E-state index in [9.17, 15) is 0 Å². The van der Waals surface area contributed by atoms with Crippen LogP contribution in [0.4, 0.5) is 11.5 Å². The summed E-state index contributed by atoms with van der Waals surface area (Å²) in [6, 6.07) is 14.4. The lowest BCUT2D eigenvalue weighted by molar-refractivity contribution is 0.744. The molecular weight excluding hydrogens is 222 g/mol. The van der Waals surface area contributed by atoms with E-state index in [-0.39, 0.29) is 6.04 Å². The van der Waals surface area contributed by atoms with Gasteiger partial charge in [0, 0.05) is 5.69 Å². The van der Waals surface area contributed by atoms with Gasteiger partial charge in [-0.25, -0.2) is 4.98 Å². The van der Waals surface area contributed by atoms with Crippen molar-refractivity contribution in [3.05, 3.63) is 53.7 Å². The molecule has 0 bridgehead atoms. The van der Waals surface area contributed by atoms with Crippen molar-refractivity contribution < 1.29 is 0 Å². The van der Waals surface area contributed by atoms with E-state index in [0.29, 0.717) is 5.69 Å². The number of aromatic nitrogens is 1. The Labute approximate surface area is 108 Å². The van der Waals surface area contributed by atoms with Crippen LogP contribution in [0.1, 0.15) is 30.6 Å². The highest BCUT2D eigenvalue weighted by Crippen LogP contribution is 2.24. The first-order valence-corrected chi connectivity index (χ1v) is 6.25. The molecule has 18 heavy (non-hydrogen) atoms. The standard InChI is InChI=1S/C15H19N3/c1-3-14(12-7-5-4-6-8-12)18-15-13(16)10-9-11(2)17-15/h4-10,14H,3,16H2,1-2H3,(H,17,18). The van der Waals surface area contributed by atoms with Crippen LogP contribution in [0.3, 0.4) is 0 Å². The van der Waals surface area contributed by atoms with Crippen molar-refractivity contribution in [2.75, 3.05) is 11.1 Å². The molecule has 1 aromatic carbocycles. The zero-order valence-electron chi connectivity index (χ0n) is 10.9. The Balaban J connectivity index is 2.23. The maximum absolute atomic E-state index is 5.95. The molecule has 0 aliphatic heterocycles. The van der Waals surface area contributed by atoms with Crippen LogP contribution in [0.5, 0.6) is 0 Å². The molecule has 3 heteroatoms. The summed E-state index contributed by atoms with van der Waals surface area (Å²) >= 11 is 0. The summed E-state index contributed by atoms with van der Waals surface area (Å²) in [6.45, 7) is 4.12. The molecular formula is C15H19N3. The molecule has 3 nitrogen and oxygen atoms in total. The minimum Gasteiger partial charge on any atom is -0.396 e. The topological polar surface area (TPSA) is 50.9 Å². The van der Waals surface area contributed by atoms with Crippen molar-refractivity contribution in [2.24, 2.45) is 0 Å². The van der Waals surface area contributed by atoms with Crippen LogP contribution < -0.4 is 11.1 Å². The first kappa shape index (κ1) is 12.4. The van der Waals surface area contributed by atoms with E-state index in [2.05, 4.69) is 29.4 Å². The van der Waals surface area contributed by atoms with Crippen LogP contribution in [-0.4, -0.2) is 4.98 Å². The van der Waals surface area contributed by atoms with Crippen LogP contribution in [0.15, 0.2) is 42.5 Å². The second kappa shape index (κ2) is 5.54. The Hall–Kier alpha value is -2.03. The second-order valence-electron chi connectivity index (χ2n) is 4.41. The fraction of sp³-hybridized carbons (Fsp3) is 0.267. The summed E-state index contributed by atoms with van der Waals surface area (Å²) in [5, 5.41) is 3.42. The number of rotatable bonds is 4. The van der Waals surface area contributed by atoms with Gasteiger partial charge in [-0.15, -0.1) is 0 Å². The van der Waals surface area contributed by atoms with E-state index in [0.717, 1.165) is 17.9 Å². The van der Waals surface area contributed by atoms with Crippen molar-refractivity contribution in [3.8, 4) is 0 Å². The monoisotopic (exact) mass is 241 g/mol. The van der Waals surface area contributed by atoms with Crippen LogP contribution >= 0.6 is 0 Å². The predicted molar refractivity (Wildman–Crippen MR) is 76.5 cm³/mol. The molecule has 1 atom stereocenters. The van der Waals surface area contributed by atoms with Crippen LogP contribution in [-0.2, 0) is 0 Å². The summed E-state index contributed by atoms with van der Waals surface area (Å²) in [4.78, 5) is 4.45. The highest BCUT2D eigenvalue weighted by Gasteiger charge is 2.11. The average molecular weight is 241 g/mol. The third-order valence-electron chi connectivity index (χ3n) is 2.99. The quantitative estimate of drug-likeness (QED) is 0.860. The van der Waals surface area contributed by atoms with Gasteiger partial charge < -0.3 is 11.1 Å². The highest BCUT2D eigenvalue weighted by molar-refractivity contribution is 5.62. The molecule has 1 aromatic heterocycles. The molecule has 0 spiro atoms. The Morgan fingerprint density at radius 1 is 1.17 bits per heavy atom. The van der Waals surface area contributed by atoms with Crippen LogP contribution in [0.2, 0.25) is 0 Å². The van der Waals surface area contributed by atoms with Crippen molar-refractivity contribution in [2.45, 2.75) is 26.3 Å². The van der Waals surface area contributed by atoms with Gasteiger partial charge in [0.05, 0.1) is 11.7 Å². The number of nitrogens with one attached hydrogen (secondary N) is 1. The normalized spacial score (nSPS) is 12.1. The maximum atomic E-state index is 5.95. The number of nitrogens with two attached hydrogens (primary N) is 1. The van der Waals surface area contributed by atoms with Crippen LogP contribution in [0, 0.1) is 6.92 Å².